The Kier molecular flexibility index (Phi) is 6.44. The summed E-state index contributed by atoms with van der Waals surface area (Å²) in [5.41, 5.74) is -0.0595. The van der Waals surface area contributed by atoms with Crippen LogP contribution in [-0.4, -0.2) is 24.5 Å². The van der Waals surface area contributed by atoms with Crippen molar-refractivity contribution in [2.45, 2.75) is 12.8 Å². The molecule has 2 rings (SSSR count). The summed E-state index contributed by atoms with van der Waals surface area (Å²) < 4.78 is 18.1. The summed E-state index contributed by atoms with van der Waals surface area (Å²) in [6, 6.07) is 8.41. The number of imide groups is 1. The Morgan fingerprint density at radius 2 is 1.92 bits per heavy atom. The van der Waals surface area contributed by atoms with Crippen LogP contribution >= 0.6 is 11.3 Å². The molecule has 0 fully saturated rings. The van der Waals surface area contributed by atoms with Gasteiger partial charge >= 0.3 is 12.0 Å². The number of hydrogen-bond donors (Lipinski definition) is 2. The largest absolute Gasteiger partial charge is 0.456 e. The summed E-state index contributed by atoms with van der Waals surface area (Å²) in [6.45, 7) is -0.575. The molecule has 0 bridgehead atoms. The van der Waals surface area contributed by atoms with Crippen LogP contribution in [-0.2, 0) is 20.7 Å². The summed E-state index contributed by atoms with van der Waals surface area (Å²) in [5, 5.41) is 6.04. The van der Waals surface area contributed by atoms with Crippen molar-refractivity contribution in [3.05, 3.63) is 52.5 Å². The summed E-state index contributed by atoms with van der Waals surface area (Å²) in [7, 11) is 0. The van der Waals surface area contributed by atoms with E-state index in [-0.39, 0.29) is 12.1 Å². The minimum Gasteiger partial charge on any atom is -0.456 e. The van der Waals surface area contributed by atoms with Gasteiger partial charge in [0.25, 0.3) is 5.91 Å². The van der Waals surface area contributed by atoms with E-state index in [2.05, 4.69) is 5.32 Å². The number of carbonyl (C=O) groups is 3. The van der Waals surface area contributed by atoms with Crippen LogP contribution in [0.4, 0.5) is 14.9 Å². The van der Waals surface area contributed by atoms with Crippen LogP contribution in [0.25, 0.3) is 0 Å². The number of carbonyl (C=O) groups excluding carboxylic acids is 3. The molecule has 1 heterocycles. The van der Waals surface area contributed by atoms with Gasteiger partial charge in [0.1, 0.15) is 5.82 Å². The van der Waals surface area contributed by atoms with Crippen molar-refractivity contribution < 1.29 is 23.5 Å². The topological polar surface area (TPSA) is 84.5 Å². The van der Waals surface area contributed by atoms with E-state index in [0.717, 1.165) is 4.88 Å². The lowest BCUT2D eigenvalue weighted by molar-refractivity contribution is -0.148. The van der Waals surface area contributed by atoms with Crippen LogP contribution in [0, 0.1) is 5.82 Å². The zero-order chi connectivity index (χ0) is 17.4. The number of thiophene rings is 1. The van der Waals surface area contributed by atoms with Crippen LogP contribution in [0.5, 0.6) is 0 Å². The first-order valence-corrected chi connectivity index (χ1v) is 7.96. The number of benzene rings is 1. The van der Waals surface area contributed by atoms with Gasteiger partial charge in [0.05, 0.1) is 12.1 Å². The van der Waals surface area contributed by atoms with Gasteiger partial charge in [-0.3, -0.25) is 14.9 Å². The molecule has 0 saturated carbocycles. The molecular formula is C16H15FN2O4S. The summed E-state index contributed by atoms with van der Waals surface area (Å²) in [6.07, 6.45) is 0.682. The van der Waals surface area contributed by atoms with Crippen LogP contribution in [0.2, 0.25) is 0 Å². The van der Waals surface area contributed by atoms with Crippen molar-refractivity contribution in [2.24, 2.45) is 0 Å². The number of para-hydroxylation sites is 1. The second-order valence-corrected chi connectivity index (χ2v) is 5.75. The number of nitrogens with one attached hydrogen (secondary N) is 2. The number of aryl methyl sites for hydroxylation is 1. The Morgan fingerprint density at radius 3 is 2.62 bits per heavy atom. The number of halogens is 1. The molecule has 0 aliphatic carbocycles. The average Bonchev–Trinajstić information content (AvgIpc) is 3.06. The molecule has 1 aromatic carbocycles. The first-order chi connectivity index (χ1) is 11.5. The lowest BCUT2D eigenvalue weighted by Crippen LogP contribution is -2.37. The third-order valence-corrected chi connectivity index (χ3v) is 3.83. The zero-order valence-electron chi connectivity index (χ0n) is 12.6. The average molecular weight is 350 g/mol. The molecule has 0 atom stereocenters. The molecule has 126 valence electrons. The quantitative estimate of drug-likeness (QED) is 0.785. The fraction of sp³-hybridized carbons (Fsp3) is 0.188. The number of esters is 1. The van der Waals surface area contributed by atoms with Gasteiger partial charge < -0.3 is 10.1 Å². The van der Waals surface area contributed by atoms with Gasteiger partial charge in [-0.1, -0.05) is 18.2 Å². The van der Waals surface area contributed by atoms with Gasteiger partial charge in [-0.25, -0.2) is 9.18 Å². The smallest absolute Gasteiger partial charge is 0.326 e. The van der Waals surface area contributed by atoms with Gasteiger partial charge in [0.2, 0.25) is 0 Å². The maximum atomic E-state index is 13.3. The highest BCUT2D eigenvalue weighted by molar-refractivity contribution is 7.09. The third kappa shape index (κ3) is 5.81. The number of ether oxygens (including phenoxy) is 1. The van der Waals surface area contributed by atoms with Crippen molar-refractivity contribution in [3.63, 3.8) is 0 Å². The molecule has 0 aliphatic heterocycles. The van der Waals surface area contributed by atoms with Crippen LogP contribution < -0.4 is 10.6 Å². The highest BCUT2D eigenvalue weighted by atomic mass is 32.1. The number of urea groups is 1. The standard InChI is InChI=1S/C16H15FN2O4S/c17-12-5-1-2-6-13(12)18-16(22)19-14(20)10-23-15(21)8-7-11-4-3-9-24-11/h1-6,9H,7-8,10H2,(H2,18,19,20,22). The van der Waals surface area contributed by atoms with Gasteiger partial charge in [-0.15, -0.1) is 11.3 Å². The zero-order valence-corrected chi connectivity index (χ0v) is 13.4. The molecule has 0 unspecified atom stereocenters. The predicted molar refractivity (Wildman–Crippen MR) is 87.2 cm³/mol. The third-order valence-electron chi connectivity index (χ3n) is 2.89. The Balaban J connectivity index is 1.68. The molecule has 3 amide bonds. The number of rotatable bonds is 6. The Labute approximate surface area is 141 Å². The maximum Gasteiger partial charge on any atom is 0.326 e. The molecule has 0 saturated heterocycles. The summed E-state index contributed by atoms with van der Waals surface area (Å²) >= 11 is 1.53. The molecule has 24 heavy (non-hydrogen) atoms. The van der Waals surface area contributed by atoms with Crippen molar-refractivity contribution >= 4 is 34.9 Å². The van der Waals surface area contributed by atoms with E-state index < -0.39 is 30.3 Å². The Bertz CT molecular complexity index is 719. The molecular weight excluding hydrogens is 335 g/mol. The molecule has 6 nitrogen and oxygen atoms in total. The van der Waals surface area contributed by atoms with Crippen molar-refractivity contribution in [1.82, 2.24) is 5.32 Å². The van der Waals surface area contributed by atoms with Crippen LogP contribution in [0.3, 0.4) is 0 Å². The lowest BCUT2D eigenvalue weighted by Gasteiger charge is -2.08. The SMILES string of the molecule is O=C(COC(=O)CCc1cccs1)NC(=O)Nc1ccccc1F. The van der Waals surface area contributed by atoms with Gasteiger partial charge in [-0.2, -0.15) is 0 Å². The van der Waals surface area contributed by atoms with E-state index in [9.17, 15) is 18.8 Å². The first-order valence-electron chi connectivity index (χ1n) is 7.08. The lowest BCUT2D eigenvalue weighted by atomic mass is 10.3. The Morgan fingerprint density at radius 1 is 1.12 bits per heavy atom. The first kappa shape index (κ1) is 17.6. The van der Waals surface area contributed by atoms with Gasteiger partial charge in [0, 0.05) is 4.88 Å². The van der Waals surface area contributed by atoms with E-state index in [4.69, 9.17) is 4.74 Å². The fourth-order valence-electron chi connectivity index (χ4n) is 1.78. The fourth-order valence-corrected chi connectivity index (χ4v) is 2.49. The summed E-state index contributed by atoms with van der Waals surface area (Å²) in [4.78, 5) is 35.6. The molecule has 8 heteroatoms. The van der Waals surface area contributed by atoms with E-state index in [1.165, 1.54) is 35.6 Å². The van der Waals surface area contributed by atoms with E-state index in [0.29, 0.717) is 6.42 Å². The maximum absolute atomic E-state index is 13.3. The van der Waals surface area contributed by atoms with Gasteiger partial charge in [0.15, 0.2) is 6.61 Å². The van der Waals surface area contributed by atoms with E-state index >= 15 is 0 Å². The number of hydrogen-bond acceptors (Lipinski definition) is 5. The van der Waals surface area contributed by atoms with Gasteiger partial charge in [-0.05, 0) is 30.0 Å². The normalized spacial score (nSPS) is 10.0. The van der Waals surface area contributed by atoms with Crippen LogP contribution in [0.1, 0.15) is 11.3 Å². The van der Waals surface area contributed by atoms with E-state index in [1.807, 2.05) is 22.8 Å². The highest BCUT2D eigenvalue weighted by Gasteiger charge is 2.12. The highest BCUT2D eigenvalue weighted by Crippen LogP contribution is 2.12. The second kappa shape index (κ2) is 8.78. The predicted octanol–water partition coefficient (Wildman–Crippen LogP) is 2.71. The number of amides is 3. The minimum atomic E-state index is -0.903. The molecule has 0 aliphatic rings. The van der Waals surface area contributed by atoms with Crippen molar-refractivity contribution in [2.75, 3.05) is 11.9 Å². The molecule has 1 aromatic heterocycles. The number of anilines is 1. The summed E-state index contributed by atoms with van der Waals surface area (Å²) in [5.74, 6) is -1.96. The molecule has 2 N–H and O–H groups in total. The van der Waals surface area contributed by atoms with Crippen molar-refractivity contribution in [1.29, 1.82) is 0 Å². The minimum absolute atomic E-state index is 0.0595. The molecule has 0 spiro atoms. The van der Waals surface area contributed by atoms with E-state index in [1.54, 1.807) is 0 Å². The monoisotopic (exact) mass is 350 g/mol. The second-order valence-electron chi connectivity index (χ2n) is 4.72. The van der Waals surface area contributed by atoms with Crippen LogP contribution in [0.15, 0.2) is 41.8 Å². The molecule has 2 aromatic rings. The van der Waals surface area contributed by atoms with Crippen molar-refractivity contribution in [3.8, 4) is 0 Å². The molecule has 0 radical (unpaired) electrons. The Hall–Kier alpha value is -2.74.